The van der Waals surface area contributed by atoms with Crippen LogP contribution in [0.5, 0.6) is 0 Å². The molecule has 3 aromatic heterocycles. The van der Waals surface area contributed by atoms with Gasteiger partial charge in [0.25, 0.3) is 0 Å². The van der Waals surface area contributed by atoms with E-state index in [1.807, 2.05) is 18.3 Å². The third-order valence-corrected chi connectivity index (χ3v) is 4.74. The number of nitrogens with zero attached hydrogens (tertiary/aromatic N) is 3. The van der Waals surface area contributed by atoms with Crippen LogP contribution >= 0.6 is 24.8 Å². The van der Waals surface area contributed by atoms with Gasteiger partial charge in [-0.15, -0.1) is 24.8 Å². The normalized spacial score (nSPS) is 14.8. The molecule has 8 heteroatoms. The van der Waals surface area contributed by atoms with Gasteiger partial charge in [0.2, 0.25) is 5.95 Å². The number of fused-ring (bicyclic) bond motifs is 1. The number of piperidine rings is 1. The van der Waals surface area contributed by atoms with Crippen molar-refractivity contribution >= 4 is 41.9 Å². The molecule has 0 amide bonds. The predicted octanol–water partition coefficient (Wildman–Crippen LogP) is 4.20. The average Bonchev–Trinajstić information content (AvgIpc) is 3.22. The van der Waals surface area contributed by atoms with Crippen LogP contribution in [0, 0.1) is 0 Å². The van der Waals surface area contributed by atoms with Gasteiger partial charge < -0.3 is 15.1 Å². The number of anilines is 1. The van der Waals surface area contributed by atoms with Gasteiger partial charge in [0.1, 0.15) is 17.0 Å². The van der Waals surface area contributed by atoms with Gasteiger partial charge in [-0.2, -0.15) is 0 Å². The maximum Gasteiger partial charge on any atom is 0.205 e. The average molecular weight is 412 g/mol. The molecule has 1 aliphatic heterocycles. The van der Waals surface area contributed by atoms with Crippen molar-refractivity contribution in [3.05, 3.63) is 42.0 Å². The van der Waals surface area contributed by atoms with E-state index in [0.717, 1.165) is 54.6 Å². The zero-order valence-corrected chi connectivity index (χ0v) is 17.3. The Bertz CT molecular complexity index is 855. The van der Waals surface area contributed by atoms with E-state index >= 15 is 0 Å². The summed E-state index contributed by atoms with van der Waals surface area (Å²) in [5, 5.41) is 7.02. The fourth-order valence-electron chi connectivity index (χ4n) is 3.31. The Balaban J connectivity index is 0.00000131. The Hall–Kier alpha value is -1.76. The van der Waals surface area contributed by atoms with Crippen LogP contribution in [0.4, 0.5) is 5.95 Å². The van der Waals surface area contributed by atoms with Gasteiger partial charge in [-0.05, 0) is 50.2 Å². The first-order valence-electron chi connectivity index (χ1n) is 9.08. The summed E-state index contributed by atoms with van der Waals surface area (Å²) in [6, 6.07) is 8.50. The number of imidazole rings is 1. The smallest absolute Gasteiger partial charge is 0.205 e. The molecule has 0 radical (unpaired) electrons. The lowest BCUT2D eigenvalue weighted by Gasteiger charge is -2.24. The highest BCUT2D eigenvalue weighted by atomic mass is 35.5. The summed E-state index contributed by atoms with van der Waals surface area (Å²) in [6.45, 7) is 7.01. The van der Waals surface area contributed by atoms with Crippen LogP contribution in [0.2, 0.25) is 0 Å². The molecule has 4 rings (SSSR count). The molecular weight excluding hydrogens is 385 g/mol. The predicted molar refractivity (Wildman–Crippen MR) is 113 cm³/mol. The van der Waals surface area contributed by atoms with Crippen molar-refractivity contribution in [3.63, 3.8) is 0 Å². The highest BCUT2D eigenvalue weighted by molar-refractivity contribution is 5.85. The van der Waals surface area contributed by atoms with Gasteiger partial charge in [-0.3, -0.25) is 4.57 Å². The molecule has 0 atom stereocenters. The van der Waals surface area contributed by atoms with E-state index in [0.29, 0.717) is 18.5 Å². The molecule has 3 aromatic rings. The summed E-state index contributed by atoms with van der Waals surface area (Å²) in [7, 11) is 0. The lowest BCUT2D eigenvalue weighted by atomic mass is 10.1. The Kier molecular flexibility index (Phi) is 7.53. The monoisotopic (exact) mass is 411 g/mol. The molecule has 4 heterocycles. The minimum absolute atomic E-state index is 0. The van der Waals surface area contributed by atoms with E-state index in [-0.39, 0.29) is 24.8 Å². The number of hydrogen-bond donors (Lipinski definition) is 2. The van der Waals surface area contributed by atoms with Crippen molar-refractivity contribution < 1.29 is 4.42 Å². The Morgan fingerprint density at radius 1 is 1.22 bits per heavy atom. The van der Waals surface area contributed by atoms with Crippen molar-refractivity contribution in [3.8, 4) is 0 Å². The molecule has 148 valence electrons. The molecule has 1 saturated heterocycles. The molecule has 0 saturated carbocycles. The number of pyridine rings is 1. The van der Waals surface area contributed by atoms with E-state index in [4.69, 9.17) is 9.40 Å². The second-order valence-electron chi connectivity index (χ2n) is 7.00. The van der Waals surface area contributed by atoms with Crippen molar-refractivity contribution in [1.29, 1.82) is 0 Å². The van der Waals surface area contributed by atoms with E-state index in [1.165, 1.54) is 0 Å². The molecule has 0 unspecified atom stereocenters. The number of hydrogen-bond acceptors (Lipinski definition) is 5. The SMILES string of the molecule is CC(C)c1ccc(Cn2c(NC3CCNCC3)nc3cccnc32)o1.Cl.Cl. The topological polar surface area (TPSA) is 67.9 Å². The summed E-state index contributed by atoms with van der Waals surface area (Å²) in [5.74, 6) is 3.21. The molecule has 0 aromatic carbocycles. The number of halogens is 2. The van der Waals surface area contributed by atoms with Gasteiger partial charge in [0.15, 0.2) is 5.65 Å². The van der Waals surface area contributed by atoms with Gasteiger partial charge in [-0.25, -0.2) is 9.97 Å². The van der Waals surface area contributed by atoms with Gasteiger partial charge in [0, 0.05) is 18.2 Å². The first kappa shape index (κ1) is 21.5. The second-order valence-corrected chi connectivity index (χ2v) is 7.00. The van der Waals surface area contributed by atoms with E-state index in [9.17, 15) is 0 Å². The summed E-state index contributed by atoms with van der Waals surface area (Å²) >= 11 is 0. The molecular formula is C19H27Cl2N5O. The van der Waals surface area contributed by atoms with Crippen LogP contribution in [0.1, 0.15) is 44.1 Å². The maximum atomic E-state index is 6.00. The maximum absolute atomic E-state index is 6.00. The fraction of sp³-hybridized carbons (Fsp3) is 0.474. The molecule has 1 aliphatic rings. The third kappa shape index (κ3) is 4.75. The lowest BCUT2D eigenvalue weighted by molar-refractivity contribution is 0.438. The standard InChI is InChI=1S/C19H25N5O.2ClH/c1-13(2)17-6-5-15(25-17)12-24-18-16(4-3-9-21-18)23-19(24)22-14-7-10-20-11-8-14;;/h3-6,9,13-14,20H,7-8,10-12H2,1-2H3,(H,22,23);2*1H. The lowest BCUT2D eigenvalue weighted by Crippen LogP contribution is -2.36. The summed E-state index contributed by atoms with van der Waals surface area (Å²) in [5.41, 5.74) is 1.80. The number of nitrogens with one attached hydrogen (secondary N) is 2. The number of rotatable bonds is 5. The zero-order valence-electron chi connectivity index (χ0n) is 15.6. The fourth-order valence-corrected chi connectivity index (χ4v) is 3.31. The number of aromatic nitrogens is 3. The Morgan fingerprint density at radius 3 is 2.70 bits per heavy atom. The van der Waals surface area contributed by atoms with Gasteiger partial charge in [0.05, 0.1) is 6.54 Å². The minimum Gasteiger partial charge on any atom is -0.464 e. The molecule has 27 heavy (non-hydrogen) atoms. The van der Waals surface area contributed by atoms with Crippen LogP contribution < -0.4 is 10.6 Å². The Morgan fingerprint density at radius 2 is 2.00 bits per heavy atom. The van der Waals surface area contributed by atoms with Gasteiger partial charge in [-0.1, -0.05) is 13.8 Å². The molecule has 0 bridgehead atoms. The number of furan rings is 1. The van der Waals surface area contributed by atoms with Crippen LogP contribution in [0.15, 0.2) is 34.9 Å². The minimum atomic E-state index is 0. The molecule has 1 fully saturated rings. The van der Waals surface area contributed by atoms with Crippen LogP contribution in [-0.2, 0) is 6.54 Å². The molecule has 2 N–H and O–H groups in total. The van der Waals surface area contributed by atoms with Crippen LogP contribution in [0.25, 0.3) is 11.2 Å². The highest BCUT2D eigenvalue weighted by Gasteiger charge is 2.19. The van der Waals surface area contributed by atoms with Crippen LogP contribution in [-0.4, -0.2) is 33.7 Å². The zero-order chi connectivity index (χ0) is 17.2. The van der Waals surface area contributed by atoms with E-state index in [2.05, 4.69) is 46.2 Å². The summed E-state index contributed by atoms with van der Waals surface area (Å²) in [6.07, 6.45) is 4.03. The quantitative estimate of drug-likeness (QED) is 0.657. The van der Waals surface area contributed by atoms with Crippen molar-refractivity contribution in [1.82, 2.24) is 19.9 Å². The third-order valence-electron chi connectivity index (χ3n) is 4.74. The van der Waals surface area contributed by atoms with Crippen molar-refractivity contribution in [2.45, 2.75) is 45.2 Å². The van der Waals surface area contributed by atoms with Crippen molar-refractivity contribution in [2.75, 3.05) is 18.4 Å². The van der Waals surface area contributed by atoms with E-state index in [1.54, 1.807) is 0 Å². The summed E-state index contributed by atoms with van der Waals surface area (Å²) < 4.78 is 8.12. The van der Waals surface area contributed by atoms with Crippen molar-refractivity contribution in [2.24, 2.45) is 0 Å². The Labute approximate surface area is 172 Å². The largest absolute Gasteiger partial charge is 0.464 e. The van der Waals surface area contributed by atoms with Gasteiger partial charge >= 0.3 is 0 Å². The molecule has 0 aliphatic carbocycles. The second kappa shape index (κ2) is 9.44. The van der Waals surface area contributed by atoms with Crippen LogP contribution in [0.3, 0.4) is 0 Å². The first-order valence-corrected chi connectivity index (χ1v) is 9.08. The highest BCUT2D eigenvalue weighted by Crippen LogP contribution is 2.24. The molecule has 0 spiro atoms. The molecule has 6 nitrogen and oxygen atoms in total. The van der Waals surface area contributed by atoms with E-state index < -0.39 is 0 Å². The summed E-state index contributed by atoms with van der Waals surface area (Å²) in [4.78, 5) is 9.31. The first-order chi connectivity index (χ1) is 12.2.